The van der Waals surface area contributed by atoms with Crippen molar-refractivity contribution in [2.75, 3.05) is 0 Å². The molecular weight excluding hydrogens is 245 g/mol. The van der Waals surface area contributed by atoms with E-state index in [0.717, 1.165) is 6.07 Å². The van der Waals surface area contributed by atoms with Gasteiger partial charge in [0.2, 0.25) is 0 Å². The van der Waals surface area contributed by atoms with Gasteiger partial charge in [-0.3, -0.25) is 0 Å². The summed E-state index contributed by atoms with van der Waals surface area (Å²) in [5.41, 5.74) is -0.00716. The minimum Gasteiger partial charge on any atom is -0.208 e. The quantitative estimate of drug-likeness (QED) is 0.531. The van der Waals surface area contributed by atoms with Gasteiger partial charge in [0.15, 0.2) is 0 Å². The predicted octanol–water partition coefficient (Wildman–Crippen LogP) is 3.01. The molecule has 80 valence electrons. The van der Waals surface area contributed by atoms with Gasteiger partial charge in [-0.25, -0.2) is 4.39 Å². The number of hydrogen-bond donors (Lipinski definition) is 0. The summed E-state index contributed by atoms with van der Waals surface area (Å²) in [5, 5.41) is 0. The van der Waals surface area contributed by atoms with E-state index in [9.17, 15) is 19.9 Å². The molecular formula is C6H5BClF5S. The van der Waals surface area contributed by atoms with Gasteiger partial charge in [-0.2, -0.15) is 0 Å². The molecule has 0 fully saturated rings. The maximum Gasteiger partial charge on any atom is 0.253 e. The highest BCUT2D eigenvalue weighted by atomic mass is 35.7. The molecule has 0 saturated carbocycles. The van der Waals surface area contributed by atoms with Crippen molar-refractivity contribution >= 4 is 33.0 Å². The smallest absolute Gasteiger partial charge is 0.208 e. The van der Waals surface area contributed by atoms with Crippen LogP contribution in [0.3, 0.4) is 0 Å². The first kappa shape index (κ1) is 11.6. The number of rotatable bonds is 1. The van der Waals surface area contributed by atoms with Gasteiger partial charge < -0.3 is 0 Å². The van der Waals surface area contributed by atoms with Crippen LogP contribution in [0.2, 0.25) is 0 Å². The highest BCUT2D eigenvalue weighted by Crippen LogP contribution is 3.04. The number of benzene rings is 1. The van der Waals surface area contributed by atoms with E-state index in [1.165, 1.54) is 7.85 Å². The minimum atomic E-state index is -8.75. The zero-order valence-electron chi connectivity index (χ0n) is 6.91. The molecule has 0 nitrogen and oxygen atoms in total. The maximum atomic E-state index is 12.7. The molecule has 0 N–H and O–H groups in total. The van der Waals surface area contributed by atoms with Crippen LogP contribution in [0.1, 0.15) is 0 Å². The highest BCUT2D eigenvalue weighted by Gasteiger charge is 2.63. The highest BCUT2D eigenvalue weighted by molar-refractivity contribution is 8.65. The van der Waals surface area contributed by atoms with Crippen LogP contribution >= 0.6 is 19.7 Å². The molecule has 0 aliphatic heterocycles. The summed E-state index contributed by atoms with van der Waals surface area (Å²) in [6.07, 6.45) is 0. The lowest BCUT2D eigenvalue weighted by molar-refractivity contribution is 0.478. The standard InChI is InChI=1S/C6H5BClF5S/c7-5-2-1-4(3-6(5)9)14(8,10,11,12)13/h1-3H,7H2. The van der Waals surface area contributed by atoms with E-state index in [0.29, 0.717) is 6.07 Å². The molecule has 0 aliphatic carbocycles. The first-order valence-electron chi connectivity index (χ1n) is 3.40. The van der Waals surface area contributed by atoms with Crippen LogP contribution in [0.5, 0.6) is 0 Å². The number of hydrogen-bond acceptors (Lipinski definition) is 0. The summed E-state index contributed by atoms with van der Waals surface area (Å²) in [4.78, 5) is -1.77. The summed E-state index contributed by atoms with van der Waals surface area (Å²) < 4.78 is 62.8. The maximum absolute atomic E-state index is 12.7. The molecule has 0 spiro atoms. The molecule has 0 aliphatic rings. The lowest BCUT2D eigenvalue weighted by Gasteiger charge is -2.42. The van der Waals surface area contributed by atoms with Gasteiger partial charge in [0.1, 0.15) is 13.7 Å². The molecule has 0 heterocycles. The molecule has 0 amide bonds. The second kappa shape index (κ2) is 2.39. The lowest BCUT2D eigenvalue weighted by atomic mass is 9.96. The number of halogens is 6. The molecule has 0 atom stereocenters. The Morgan fingerprint density at radius 3 is 2.00 bits per heavy atom. The zero-order chi connectivity index (χ0) is 11.3. The fourth-order valence-corrected chi connectivity index (χ4v) is 1.75. The Balaban J connectivity index is 3.45. The van der Waals surface area contributed by atoms with E-state index in [2.05, 4.69) is 10.7 Å². The average molecular weight is 250 g/mol. The van der Waals surface area contributed by atoms with Gasteiger partial charge >= 0.3 is 0 Å². The van der Waals surface area contributed by atoms with Crippen LogP contribution in [-0.4, -0.2) is 7.85 Å². The van der Waals surface area contributed by atoms with E-state index in [-0.39, 0.29) is 11.5 Å². The zero-order valence-corrected chi connectivity index (χ0v) is 8.48. The van der Waals surface area contributed by atoms with Crippen molar-refractivity contribution in [1.29, 1.82) is 0 Å². The third-order valence-corrected chi connectivity index (χ3v) is 3.27. The van der Waals surface area contributed by atoms with Gasteiger partial charge in [-0.05, 0) is 12.1 Å². The molecule has 0 aromatic heterocycles. The summed E-state index contributed by atoms with van der Waals surface area (Å²) in [6, 6.07) is 1.31. The second-order valence-electron chi connectivity index (χ2n) is 2.88. The Morgan fingerprint density at radius 1 is 1.14 bits per heavy atom. The first-order valence-corrected chi connectivity index (χ1v) is 6.28. The molecule has 8 heteroatoms. The van der Waals surface area contributed by atoms with Gasteiger partial charge in [0.25, 0.3) is 9.05 Å². The molecule has 1 rings (SSSR count). The normalized spacial score (nSPS) is 17.3. The van der Waals surface area contributed by atoms with E-state index in [1.54, 1.807) is 0 Å². The van der Waals surface area contributed by atoms with Crippen LogP contribution in [0.25, 0.3) is 0 Å². The van der Waals surface area contributed by atoms with Crippen LogP contribution in [0.4, 0.5) is 19.9 Å². The van der Waals surface area contributed by atoms with Crippen LogP contribution in [-0.2, 0) is 0 Å². The fourth-order valence-electron chi connectivity index (χ4n) is 0.814. The molecule has 0 unspecified atom stereocenters. The van der Waals surface area contributed by atoms with Gasteiger partial charge in [0, 0.05) is 10.7 Å². The van der Waals surface area contributed by atoms with Gasteiger partial charge in [-0.15, -0.1) is 15.5 Å². The van der Waals surface area contributed by atoms with E-state index < -0.39 is 19.8 Å². The SMILES string of the molecule is Bc1ccc(S(F)(F)(F)(F)Cl)cc1F. The summed E-state index contributed by atoms with van der Waals surface area (Å²) >= 11 is 0. The molecule has 1 aromatic rings. The van der Waals surface area contributed by atoms with Crippen LogP contribution in [0, 0.1) is 5.82 Å². The van der Waals surface area contributed by atoms with Crippen molar-refractivity contribution in [3.8, 4) is 0 Å². The van der Waals surface area contributed by atoms with E-state index in [1.807, 2.05) is 0 Å². The summed E-state index contributed by atoms with van der Waals surface area (Å²) in [6.45, 7) is 0. The Morgan fingerprint density at radius 2 is 1.64 bits per heavy atom. The third-order valence-electron chi connectivity index (χ3n) is 1.59. The monoisotopic (exact) mass is 250 g/mol. The molecule has 0 radical (unpaired) electrons. The van der Waals surface area contributed by atoms with Crippen molar-refractivity contribution in [2.24, 2.45) is 0 Å². The summed E-state index contributed by atoms with van der Waals surface area (Å²) in [7, 11) is -3.51. The summed E-state index contributed by atoms with van der Waals surface area (Å²) in [5.74, 6) is -1.14. The Kier molecular flexibility index (Phi) is 1.98. The van der Waals surface area contributed by atoms with Crippen molar-refractivity contribution in [1.82, 2.24) is 0 Å². The Hall–Kier alpha value is -0.425. The van der Waals surface area contributed by atoms with Crippen molar-refractivity contribution in [2.45, 2.75) is 4.90 Å². The fraction of sp³-hybridized carbons (Fsp3) is 0. The average Bonchev–Trinajstić information content (AvgIpc) is 1.89. The molecule has 0 bridgehead atoms. The molecule has 0 saturated heterocycles. The van der Waals surface area contributed by atoms with Crippen molar-refractivity contribution < 1.29 is 19.9 Å². The van der Waals surface area contributed by atoms with Crippen molar-refractivity contribution in [3.05, 3.63) is 24.0 Å². The van der Waals surface area contributed by atoms with E-state index >= 15 is 0 Å². The van der Waals surface area contributed by atoms with Crippen LogP contribution < -0.4 is 5.46 Å². The largest absolute Gasteiger partial charge is 0.253 e. The van der Waals surface area contributed by atoms with Gasteiger partial charge in [0.05, 0.1) is 4.90 Å². The first-order chi connectivity index (χ1) is 5.90. The lowest BCUT2D eigenvalue weighted by Crippen LogP contribution is -2.12. The minimum absolute atomic E-state index is 0.00716. The Labute approximate surface area is 82.4 Å². The third kappa shape index (κ3) is 2.54. The Bertz CT molecular complexity index is 386. The van der Waals surface area contributed by atoms with Crippen LogP contribution in [0.15, 0.2) is 23.1 Å². The van der Waals surface area contributed by atoms with E-state index in [4.69, 9.17) is 0 Å². The predicted molar refractivity (Wildman–Crippen MR) is 50.7 cm³/mol. The molecule has 14 heavy (non-hydrogen) atoms. The topological polar surface area (TPSA) is 0 Å². The second-order valence-corrected chi connectivity index (χ2v) is 7.15. The molecule has 1 aromatic carbocycles. The van der Waals surface area contributed by atoms with Gasteiger partial charge in [-0.1, -0.05) is 11.5 Å². The van der Waals surface area contributed by atoms with Crippen molar-refractivity contribution in [3.63, 3.8) is 0 Å².